The highest BCUT2D eigenvalue weighted by Crippen LogP contribution is 2.38. The maximum Gasteiger partial charge on any atom is 0.243 e. The summed E-state index contributed by atoms with van der Waals surface area (Å²) >= 11 is 0. The second kappa shape index (κ2) is 6.94. The summed E-state index contributed by atoms with van der Waals surface area (Å²) in [7, 11) is -0.167. The molecular formula is C20H32F2N2O2Si. The van der Waals surface area contributed by atoms with E-state index < -0.39 is 31.0 Å². The Labute approximate surface area is 162 Å². The Morgan fingerprint density at radius 3 is 2.15 bits per heavy atom. The molecular weight excluding hydrogens is 366 g/mol. The lowest BCUT2D eigenvalue weighted by atomic mass is 9.84. The molecule has 7 heteroatoms. The van der Waals surface area contributed by atoms with Crippen molar-refractivity contribution in [1.82, 2.24) is 10.2 Å². The molecule has 0 saturated carbocycles. The summed E-state index contributed by atoms with van der Waals surface area (Å²) in [6.07, 6.45) is 0. The predicted octanol–water partition coefficient (Wildman–Crippen LogP) is 4.02. The van der Waals surface area contributed by atoms with E-state index in [1.807, 2.05) is 18.9 Å². The first-order valence-corrected chi connectivity index (χ1v) is 12.2. The van der Waals surface area contributed by atoms with Crippen LogP contribution in [-0.4, -0.2) is 44.9 Å². The van der Waals surface area contributed by atoms with E-state index in [1.165, 1.54) is 12.1 Å². The lowest BCUT2D eigenvalue weighted by Gasteiger charge is -2.50. The largest absolute Gasteiger partial charge is 0.414 e. The number of carbonyl (C=O) groups excluding carboxylic acids is 1. The first-order chi connectivity index (χ1) is 12.1. The van der Waals surface area contributed by atoms with E-state index in [1.54, 1.807) is 6.92 Å². The van der Waals surface area contributed by atoms with Gasteiger partial charge in [-0.15, -0.1) is 0 Å². The number of benzene rings is 1. The molecule has 1 fully saturated rings. The Bertz CT molecular complexity index is 715. The van der Waals surface area contributed by atoms with Crippen LogP contribution in [-0.2, 0) is 14.8 Å². The van der Waals surface area contributed by atoms with Gasteiger partial charge in [0.2, 0.25) is 5.91 Å². The lowest BCUT2D eigenvalue weighted by molar-refractivity contribution is -0.143. The van der Waals surface area contributed by atoms with Gasteiger partial charge in [-0.1, -0.05) is 20.8 Å². The van der Waals surface area contributed by atoms with Crippen molar-refractivity contribution in [3.05, 3.63) is 35.4 Å². The third kappa shape index (κ3) is 4.25. The normalized spacial score (nSPS) is 27.6. The Balaban J connectivity index is 2.24. The summed E-state index contributed by atoms with van der Waals surface area (Å²) in [5.41, 5.74) is -1.32. The average Bonchev–Trinajstić information content (AvgIpc) is 2.49. The molecule has 0 unspecified atom stereocenters. The topological polar surface area (TPSA) is 41.6 Å². The van der Waals surface area contributed by atoms with Crippen LogP contribution in [0.1, 0.15) is 40.2 Å². The number of likely N-dealkylation sites (N-methyl/N-ethyl adjacent to an activating group) is 1. The molecule has 0 radical (unpaired) electrons. The molecule has 1 aliphatic rings. The molecule has 152 valence electrons. The van der Waals surface area contributed by atoms with E-state index in [-0.39, 0.29) is 17.6 Å². The van der Waals surface area contributed by atoms with Crippen LogP contribution in [0.15, 0.2) is 18.2 Å². The van der Waals surface area contributed by atoms with Crippen LogP contribution in [0.4, 0.5) is 8.78 Å². The molecule has 0 aliphatic carbocycles. The number of amides is 1. The molecule has 1 N–H and O–H groups in total. The molecule has 1 aromatic rings. The highest BCUT2D eigenvalue weighted by molar-refractivity contribution is 6.74. The number of nitrogens with zero attached hydrogens (tertiary/aromatic N) is 1. The fourth-order valence-corrected chi connectivity index (χ4v) is 4.07. The third-order valence-corrected chi connectivity index (χ3v) is 10.8. The van der Waals surface area contributed by atoms with Crippen molar-refractivity contribution in [2.45, 2.75) is 63.8 Å². The minimum atomic E-state index is -2.02. The summed E-state index contributed by atoms with van der Waals surface area (Å²) in [5, 5.41) is 3.02. The SMILES string of the molecule is CN1C[C@@](C)(c2cc(F)cc(F)c2)NC(=O)[C@@]1(C)CO[Si](C)(C)C(C)(C)C. The van der Waals surface area contributed by atoms with Gasteiger partial charge < -0.3 is 9.74 Å². The van der Waals surface area contributed by atoms with Crippen molar-refractivity contribution in [2.75, 3.05) is 20.2 Å². The monoisotopic (exact) mass is 398 g/mol. The van der Waals surface area contributed by atoms with Crippen LogP contribution < -0.4 is 5.32 Å². The molecule has 1 aromatic carbocycles. The van der Waals surface area contributed by atoms with Gasteiger partial charge in [-0.05, 0) is 56.7 Å². The van der Waals surface area contributed by atoms with Crippen LogP contribution in [0.2, 0.25) is 18.1 Å². The summed E-state index contributed by atoms with van der Waals surface area (Å²) in [4.78, 5) is 15.0. The Hall–Kier alpha value is -1.31. The maximum absolute atomic E-state index is 13.7. The number of carbonyl (C=O) groups is 1. The van der Waals surface area contributed by atoms with Crippen molar-refractivity contribution >= 4 is 14.2 Å². The van der Waals surface area contributed by atoms with Gasteiger partial charge in [0.1, 0.15) is 17.2 Å². The van der Waals surface area contributed by atoms with E-state index >= 15 is 0 Å². The van der Waals surface area contributed by atoms with Gasteiger partial charge in [0.15, 0.2) is 8.32 Å². The molecule has 0 aromatic heterocycles. The second-order valence-corrected chi connectivity index (χ2v) is 14.4. The molecule has 1 aliphatic heterocycles. The highest BCUT2D eigenvalue weighted by atomic mass is 28.4. The van der Waals surface area contributed by atoms with Crippen LogP contribution in [0.25, 0.3) is 0 Å². The summed E-state index contributed by atoms with van der Waals surface area (Å²) < 4.78 is 33.7. The zero-order valence-electron chi connectivity index (χ0n) is 17.7. The molecule has 0 spiro atoms. The zero-order valence-corrected chi connectivity index (χ0v) is 18.7. The third-order valence-electron chi connectivity index (χ3n) is 6.29. The molecule has 1 amide bonds. The van der Waals surface area contributed by atoms with Crippen molar-refractivity contribution in [1.29, 1.82) is 0 Å². The number of piperazine rings is 1. The lowest BCUT2D eigenvalue weighted by Crippen LogP contribution is -2.71. The first kappa shape index (κ1) is 22.0. The van der Waals surface area contributed by atoms with Gasteiger partial charge in [0.25, 0.3) is 0 Å². The number of hydrogen-bond donors (Lipinski definition) is 1. The number of rotatable bonds is 4. The van der Waals surface area contributed by atoms with Crippen LogP contribution in [0, 0.1) is 11.6 Å². The van der Waals surface area contributed by atoms with Gasteiger partial charge in [-0.3, -0.25) is 9.69 Å². The van der Waals surface area contributed by atoms with Crippen molar-refractivity contribution in [3.63, 3.8) is 0 Å². The van der Waals surface area contributed by atoms with Crippen LogP contribution >= 0.6 is 0 Å². The number of nitrogens with one attached hydrogen (secondary N) is 1. The second-order valence-electron chi connectivity index (χ2n) is 9.62. The Kier molecular flexibility index (Phi) is 5.65. The van der Waals surface area contributed by atoms with Crippen molar-refractivity contribution in [2.24, 2.45) is 0 Å². The maximum atomic E-state index is 13.7. The van der Waals surface area contributed by atoms with Crippen molar-refractivity contribution < 1.29 is 18.0 Å². The van der Waals surface area contributed by atoms with Gasteiger partial charge >= 0.3 is 0 Å². The highest BCUT2D eigenvalue weighted by Gasteiger charge is 2.50. The molecule has 2 rings (SSSR count). The quantitative estimate of drug-likeness (QED) is 0.779. The smallest absolute Gasteiger partial charge is 0.243 e. The molecule has 27 heavy (non-hydrogen) atoms. The van der Waals surface area contributed by atoms with Crippen LogP contribution in [0.3, 0.4) is 0 Å². The first-order valence-electron chi connectivity index (χ1n) is 9.25. The van der Waals surface area contributed by atoms with E-state index in [2.05, 4.69) is 39.2 Å². The van der Waals surface area contributed by atoms with Gasteiger partial charge in [0.05, 0.1) is 12.1 Å². The van der Waals surface area contributed by atoms with Crippen LogP contribution in [0.5, 0.6) is 0 Å². The molecule has 1 saturated heterocycles. The average molecular weight is 399 g/mol. The van der Waals surface area contributed by atoms with E-state index in [0.29, 0.717) is 12.1 Å². The van der Waals surface area contributed by atoms with E-state index in [0.717, 1.165) is 6.07 Å². The number of hydrogen-bond acceptors (Lipinski definition) is 3. The minimum Gasteiger partial charge on any atom is -0.414 e. The number of halogens is 2. The van der Waals surface area contributed by atoms with Gasteiger partial charge in [-0.25, -0.2) is 8.78 Å². The Morgan fingerprint density at radius 1 is 1.19 bits per heavy atom. The molecule has 4 nitrogen and oxygen atoms in total. The van der Waals surface area contributed by atoms with Gasteiger partial charge in [0, 0.05) is 12.6 Å². The summed E-state index contributed by atoms with van der Waals surface area (Å²) in [6, 6.07) is 3.37. The van der Waals surface area contributed by atoms with E-state index in [4.69, 9.17) is 4.43 Å². The molecule has 1 heterocycles. The fraction of sp³-hybridized carbons (Fsp3) is 0.650. The Morgan fingerprint density at radius 2 is 1.70 bits per heavy atom. The van der Waals surface area contributed by atoms with Gasteiger partial charge in [-0.2, -0.15) is 0 Å². The molecule has 2 atom stereocenters. The zero-order chi connectivity index (χ0) is 20.8. The van der Waals surface area contributed by atoms with E-state index in [9.17, 15) is 13.6 Å². The predicted molar refractivity (Wildman–Crippen MR) is 106 cm³/mol. The summed E-state index contributed by atoms with van der Waals surface area (Å²) in [6.45, 7) is 15.1. The fourth-order valence-electron chi connectivity index (χ4n) is 3.00. The summed E-state index contributed by atoms with van der Waals surface area (Å²) in [5.74, 6) is -1.52. The molecule has 0 bridgehead atoms. The standard InChI is InChI=1S/C20H32F2N2O2Si/c1-18(2,3)27(7,8)26-13-20(5)17(25)23-19(4,12-24(20)6)14-9-15(21)11-16(22)10-14/h9-11H,12-13H2,1-8H3,(H,23,25)/t19-,20+/m0/s1. The minimum absolute atomic E-state index is 0.0423. The van der Waals surface area contributed by atoms with Crippen molar-refractivity contribution in [3.8, 4) is 0 Å².